The molecule has 5 heteroatoms. The van der Waals surface area contributed by atoms with Crippen molar-refractivity contribution >= 4 is 5.96 Å². The summed E-state index contributed by atoms with van der Waals surface area (Å²) >= 11 is 0. The number of nitrogens with one attached hydrogen (secondary N) is 2. The van der Waals surface area contributed by atoms with Crippen molar-refractivity contribution in [2.45, 2.75) is 26.2 Å². The number of aliphatic imine (C=N–C) groups is 1. The van der Waals surface area contributed by atoms with Crippen LogP contribution in [0.3, 0.4) is 0 Å². The van der Waals surface area contributed by atoms with Gasteiger partial charge in [0.2, 0.25) is 0 Å². The van der Waals surface area contributed by atoms with E-state index in [2.05, 4.69) is 28.6 Å². The first-order valence-electron chi connectivity index (χ1n) is 7.13. The molecule has 0 fully saturated rings. The predicted octanol–water partition coefficient (Wildman–Crippen LogP) is 1.31. The molecule has 5 nitrogen and oxygen atoms in total. The van der Waals surface area contributed by atoms with E-state index in [0.717, 1.165) is 64.7 Å². The minimum atomic E-state index is 0.760. The fourth-order valence-corrected chi connectivity index (χ4v) is 1.88. The van der Waals surface area contributed by atoms with Crippen LogP contribution in [0.1, 0.15) is 26.2 Å². The number of guanidine groups is 1. The number of ether oxygens (including phenoxy) is 2. The highest BCUT2D eigenvalue weighted by atomic mass is 16.5. The lowest BCUT2D eigenvalue weighted by Crippen LogP contribution is -2.38. The van der Waals surface area contributed by atoms with Gasteiger partial charge >= 0.3 is 0 Å². The molecule has 1 aliphatic heterocycles. The molecule has 2 N–H and O–H groups in total. The van der Waals surface area contributed by atoms with Gasteiger partial charge in [0.15, 0.2) is 5.96 Å². The average Bonchev–Trinajstić information content (AvgIpc) is 2.44. The summed E-state index contributed by atoms with van der Waals surface area (Å²) in [5, 5.41) is 6.61. The van der Waals surface area contributed by atoms with E-state index >= 15 is 0 Å². The fourth-order valence-electron chi connectivity index (χ4n) is 1.88. The Morgan fingerprint density at radius 1 is 1.47 bits per heavy atom. The monoisotopic (exact) mass is 269 g/mol. The van der Waals surface area contributed by atoms with E-state index in [1.807, 2.05) is 0 Å². The van der Waals surface area contributed by atoms with E-state index in [9.17, 15) is 0 Å². The molecule has 0 unspecified atom stereocenters. The second-order valence-electron chi connectivity index (χ2n) is 4.47. The van der Waals surface area contributed by atoms with Gasteiger partial charge in [-0.2, -0.15) is 0 Å². The van der Waals surface area contributed by atoms with Crippen LogP contribution in [-0.2, 0) is 9.47 Å². The molecule has 19 heavy (non-hydrogen) atoms. The third-order valence-electron chi connectivity index (χ3n) is 2.92. The predicted molar refractivity (Wildman–Crippen MR) is 78.6 cm³/mol. The molecule has 0 aromatic rings. The normalized spacial score (nSPS) is 16.1. The van der Waals surface area contributed by atoms with Crippen LogP contribution in [0.15, 0.2) is 16.6 Å². The number of rotatable bonds is 8. The molecule has 0 aromatic carbocycles. The molecule has 1 aliphatic rings. The zero-order valence-electron chi connectivity index (χ0n) is 12.2. The molecule has 0 amide bonds. The second kappa shape index (κ2) is 10.8. The van der Waals surface area contributed by atoms with Gasteiger partial charge in [-0.05, 0) is 26.2 Å². The van der Waals surface area contributed by atoms with Gasteiger partial charge in [0, 0.05) is 33.4 Å². The first-order chi connectivity index (χ1) is 9.36. The Bertz CT molecular complexity index is 290. The highest BCUT2D eigenvalue weighted by Gasteiger charge is 2.03. The van der Waals surface area contributed by atoms with E-state index in [-0.39, 0.29) is 0 Å². The lowest BCUT2D eigenvalue weighted by Gasteiger charge is -2.15. The van der Waals surface area contributed by atoms with E-state index in [0.29, 0.717) is 0 Å². The van der Waals surface area contributed by atoms with Crippen molar-refractivity contribution in [1.29, 1.82) is 0 Å². The minimum Gasteiger partial charge on any atom is -0.385 e. The van der Waals surface area contributed by atoms with Crippen molar-refractivity contribution in [2.24, 2.45) is 4.99 Å². The van der Waals surface area contributed by atoms with Gasteiger partial charge in [0.25, 0.3) is 0 Å². The van der Waals surface area contributed by atoms with Gasteiger partial charge in [-0.25, -0.2) is 0 Å². The molecule has 110 valence electrons. The van der Waals surface area contributed by atoms with E-state index < -0.39 is 0 Å². The van der Waals surface area contributed by atoms with Gasteiger partial charge in [-0.1, -0.05) is 11.6 Å². The number of nitrogens with zero attached hydrogens (tertiary/aromatic N) is 1. The molecule has 1 rings (SSSR count). The van der Waals surface area contributed by atoms with E-state index in [4.69, 9.17) is 9.47 Å². The van der Waals surface area contributed by atoms with Gasteiger partial charge in [-0.15, -0.1) is 0 Å². The van der Waals surface area contributed by atoms with Crippen molar-refractivity contribution in [3.8, 4) is 0 Å². The van der Waals surface area contributed by atoms with Crippen molar-refractivity contribution in [3.05, 3.63) is 11.6 Å². The fraction of sp³-hybridized carbons (Fsp3) is 0.786. The number of hydrogen-bond acceptors (Lipinski definition) is 3. The number of hydrogen-bond donors (Lipinski definition) is 2. The molecule has 0 aliphatic carbocycles. The Hall–Kier alpha value is -1.07. The van der Waals surface area contributed by atoms with Crippen LogP contribution in [-0.4, -0.2) is 52.5 Å². The zero-order chi connectivity index (χ0) is 13.8. The highest BCUT2D eigenvalue weighted by Crippen LogP contribution is 2.10. The lowest BCUT2D eigenvalue weighted by molar-refractivity contribution is 0.153. The number of methoxy groups -OCH3 is 1. The van der Waals surface area contributed by atoms with Crippen molar-refractivity contribution in [2.75, 3.05) is 46.6 Å². The molecular formula is C14H27N3O2. The smallest absolute Gasteiger partial charge is 0.191 e. The van der Waals surface area contributed by atoms with Crippen LogP contribution in [0.4, 0.5) is 0 Å². The maximum atomic E-state index is 5.30. The highest BCUT2D eigenvalue weighted by molar-refractivity contribution is 5.79. The van der Waals surface area contributed by atoms with Crippen LogP contribution in [0.5, 0.6) is 0 Å². The lowest BCUT2D eigenvalue weighted by atomic mass is 10.1. The first kappa shape index (κ1) is 16.0. The van der Waals surface area contributed by atoms with Gasteiger partial charge in [0.05, 0.1) is 13.2 Å². The Labute approximate surface area is 116 Å². The van der Waals surface area contributed by atoms with E-state index in [1.165, 1.54) is 5.57 Å². The van der Waals surface area contributed by atoms with Crippen LogP contribution in [0.2, 0.25) is 0 Å². The van der Waals surface area contributed by atoms with Crippen LogP contribution >= 0.6 is 0 Å². The average molecular weight is 269 g/mol. The Morgan fingerprint density at radius 3 is 3.05 bits per heavy atom. The largest absolute Gasteiger partial charge is 0.385 e. The SMILES string of the molecule is CCNC(=NCCCOC)NCCC1=CCOCC1. The molecule has 0 aromatic heterocycles. The van der Waals surface area contributed by atoms with Crippen LogP contribution in [0.25, 0.3) is 0 Å². The van der Waals surface area contributed by atoms with Gasteiger partial charge in [-0.3, -0.25) is 4.99 Å². The molecule has 0 atom stereocenters. The third-order valence-corrected chi connectivity index (χ3v) is 2.92. The first-order valence-corrected chi connectivity index (χ1v) is 7.13. The summed E-state index contributed by atoms with van der Waals surface area (Å²) in [7, 11) is 1.72. The maximum absolute atomic E-state index is 5.30. The van der Waals surface area contributed by atoms with Crippen LogP contribution < -0.4 is 10.6 Å². The molecule has 0 saturated heterocycles. The molecule has 0 spiro atoms. The summed E-state index contributed by atoms with van der Waals surface area (Å²) in [6.07, 6.45) is 5.26. The molecular weight excluding hydrogens is 242 g/mol. The summed E-state index contributed by atoms with van der Waals surface area (Å²) in [4.78, 5) is 4.50. The van der Waals surface area contributed by atoms with Gasteiger partial charge < -0.3 is 20.1 Å². The molecule has 0 saturated carbocycles. The summed E-state index contributed by atoms with van der Waals surface area (Å²) in [6.45, 7) is 7.05. The van der Waals surface area contributed by atoms with Crippen molar-refractivity contribution in [1.82, 2.24) is 10.6 Å². The quantitative estimate of drug-likeness (QED) is 0.302. The standard InChI is InChI=1S/C14H27N3O2/c1-3-15-14(16-8-4-10-18-2)17-9-5-13-6-11-19-12-7-13/h6H,3-5,7-12H2,1-2H3,(H2,15,16,17). The minimum absolute atomic E-state index is 0.760. The Balaban J connectivity index is 2.22. The molecule has 0 radical (unpaired) electrons. The summed E-state index contributed by atoms with van der Waals surface area (Å²) < 4.78 is 10.3. The maximum Gasteiger partial charge on any atom is 0.191 e. The Kier molecular flexibility index (Phi) is 9.10. The van der Waals surface area contributed by atoms with Crippen molar-refractivity contribution in [3.63, 3.8) is 0 Å². The van der Waals surface area contributed by atoms with Gasteiger partial charge in [0.1, 0.15) is 0 Å². The summed E-state index contributed by atoms with van der Waals surface area (Å²) in [5.41, 5.74) is 1.48. The summed E-state index contributed by atoms with van der Waals surface area (Å²) in [5.74, 6) is 0.895. The summed E-state index contributed by atoms with van der Waals surface area (Å²) in [6, 6.07) is 0. The topological polar surface area (TPSA) is 54.9 Å². The second-order valence-corrected chi connectivity index (χ2v) is 4.47. The molecule has 0 bridgehead atoms. The third kappa shape index (κ3) is 7.85. The zero-order valence-corrected chi connectivity index (χ0v) is 12.2. The molecule has 1 heterocycles. The van der Waals surface area contributed by atoms with E-state index in [1.54, 1.807) is 7.11 Å². The van der Waals surface area contributed by atoms with Crippen LogP contribution in [0, 0.1) is 0 Å². The Morgan fingerprint density at radius 2 is 2.37 bits per heavy atom. The van der Waals surface area contributed by atoms with Crippen molar-refractivity contribution < 1.29 is 9.47 Å².